The summed E-state index contributed by atoms with van der Waals surface area (Å²) in [6.07, 6.45) is -0.0765. The first-order valence-corrected chi connectivity index (χ1v) is 9.37. The number of benzene rings is 2. The topological polar surface area (TPSA) is 80.3 Å². The standard InChI is InChI=1S/C20H17N3O3S/c24-18-9-15-8-14(6-7-16(15)22-18)17-12-27-19(23-17)10-21-20(25)26-11-13-4-2-1-3-5-13/h1-8,12H,9-11H2,(H,21,25)(H,22,24). The molecule has 4 rings (SSSR count). The number of fused-ring (bicyclic) bond motifs is 1. The molecule has 0 bridgehead atoms. The minimum absolute atomic E-state index is 0.0133. The second kappa shape index (κ2) is 7.59. The van der Waals surface area contributed by atoms with Gasteiger partial charge in [-0.05, 0) is 23.3 Å². The highest BCUT2D eigenvalue weighted by molar-refractivity contribution is 7.09. The second-order valence-corrected chi connectivity index (χ2v) is 7.08. The summed E-state index contributed by atoms with van der Waals surface area (Å²) in [6, 6.07) is 15.3. The molecule has 2 aromatic carbocycles. The third kappa shape index (κ3) is 4.15. The van der Waals surface area contributed by atoms with Crippen molar-refractivity contribution in [2.75, 3.05) is 5.32 Å². The molecule has 2 N–H and O–H groups in total. The molecule has 0 aliphatic carbocycles. The number of ether oxygens (including phenoxy) is 1. The van der Waals surface area contributed by atoms with Crippen molar-refractivity contribution in [1.82, 2.24) is 10.3 Å². The number of anilines is 1. The normalized spacial score (nSPS) is 12.4. The number of rotatable bonds is 5. The molecule has 6 nitrogen and oxygen atoms in total. The van der Waals surface area contributed by atoms with E-state index in [-0.39, 0.29) is 12.5 Å². The van der Waals surface area contributed by atoms with E-state index in [9.17, 15) is 9.59 Å². The molecule has 1 aromatic heterocycles. The molecule has 0 atom stereocenters. The maximum atomic E-state index is 11.8. The SMILES string of the molecule is O=C1Cc2cc(-c3csc(CNC(=O)OCc4ccccc4)n3)ccc2N1. The third-order valence-corrected chi connectivity index (χ3v) is 5.02. The maximum Gasteiger partial charge on any atom is 0.407 e. The fraction of sp³-hybridized carbons (Fsp3) is 0.150. The molecule has 0 unspecified atom stereocenters. The number of carbonyl (C=O) groups excluding carboxylic acids is 2. The highest BCUT2D eigenvalue weighted by Gasteiger charge is 2.18. The van der Waals surface area contributed by atoms with Gasteiger partial charge >= 0.3 is 6.09 Å². The first-order chi connectivity index (χ1) is 13.2. The molecule has 2 amide bonds. The molecular weight excluding hydrogens is 362 g/mol. The second-order valence-electron chi connectivity index (χ2n) is 6.14. The van der Waals surface area contributed by atoms with Crippen LogP contribution in [0.4, 0.5) is 10.5 Å². The van der Waals surface area contributed by atoms with E-state index < -0.39 is 6.09 Å². The minimum Gasteiger partial charge on any atom is -0.445 e. The monoisotopic (exact) mass is 379 g/mol. The fourth-order valence-corrected chi connectivity index (χ4v) is 3.58. The molecule has 2 heterocycles. The van der Waals surface area contributed by atoms with Crippen LogP contribution < -0.4 is 10.6 Å². The van der Waals surface area contributed by atoms with Gasteiger partial charge in [0.15, 0.2) is 0 Å². The lowest BCUT2D eigenvalue weighted by Crippen LogP contribution is -2.23. The van der Waals surface area contributed by atoms with Crippen LogP contribution in [0.2, 0.25) is 0 Å². The van der Waals surface area contributed by atoms with Crippen molar-refractivity contribution < 1.29 is 14.3 Å². The van der Waals surface area contributed by atoms with Crippen LogP contribution in [0.25, 0.3) is 11.3 Å². The number of hydrogen-bond acceptors (Lipinski definition) is 5. The Balaban J connectivity index is 1.33. The van der Waals surface area contributed by atoms with E-state index in [1.54, 1.807) is 0 Å². The Morgan fingerprint density at radius 1 is 1.22 bits per heavy atom. The number of amides is 2. The lowest BCUT2D eigenvalue weighted by Gasteiger charge is -2.05. The van der Waals surface area contributed by atoms with Gasteiger partial charge in [-0.1, -0.05) is 36.4 Å². The number of nitrogens with zero attached hydrogens (tertiary/aromatic N) is 1. The molecular formula is C20H17N3O3S. The summed E-state index contributed by atoms with van der Waals surface area (Å²) >= 11 is 1.47. The van der Waals surface area contributed by atoms with Crippen LogP contribution in [-0.2, 0) is 29.1 Å². The molecule has 1 aliphatic heterocycles. The first kappa shape index (κ1) is 17.2. The van der Waals surface area contributed by atoms with Crippen LogP contribution in [0, 0.1) is 0 Å². The summed E-state index contributed by atoms with van der Waals surface area (Å²) in [5.74, 6) is 0.0133. The molecule has 0 saturated carbocycles. The van der Waals surface area contributed by atoms with E-state index in [0.29, 0.717) is 13.0 Å². The Bertz CT molecular complexity index is 985. The Hall–Kier alpha value is -3.19. The first-order valence-electron chi connectivity index (χ1n) is 8.49. The average Bonchev–Trinajstić information content (AvgIpc) is 3.30. The fourth-order valence-electron chi connectivity index (χ4n) is 2.84. The molecule has 0 radical (unpaired) electrons. The number of thiazole rings is 1. The Kier molecular flexibility index (Phi) is 4.84. The zero-order chi connectivity index (χ0) is 18.6. The van der Waals surface area contributed by atoms with Crippen molar-refractivity contribution in [3.05, 3.63) is 70.0 Å². The van der Waals surface area contributed by atoms with Gasteiger partial charge in [0.2, 0.25) is 5.91 Å². The van der Waals surface area contributed by atoms with Crippen LogP contribution in [-0.4, -0.2) is 17.0 Å². The summed E-state index contributed by atoms with van der Waals surface area (Å²) < 4.78 is 5.19. The highest BCUT2D eigenvalue weighted by atomic mass is 32.1. The predicted octanol–water partition coefficient (Wildman–Crippen LogP) is 3.73. The van der Waals surface area contributed by atoms with Crippen LogP contribution in [0.1, 0.15) is 16.1 Å². The van der Waals surface area contributed by atoms with E-state index in [2.05, 4.69) is 15.6 Å². The van der Waals surface area contributed by atoms with Crippen molar-refractivity contribution in [2.45, 2.75) is 19.6 Å². The zero-order valence-corrected chi connectivity index (χ0v) is 15.2. The lowest BCUT2D eigenvalue weighted by atomic mass is 10.1. The van der Waals surface area contributed by atoms with Gasteiger partial charge in [0.1, 0.15) is 11.6 Å². The molecule has 27 heavy (non-hydrogen) atoms. The number of carbonyl (C=O) groups is 2. The highest BCUT2D eigenvalue weighted by Crippen LogP contribution is 2.29. The van der Waals surface area contributed by atoms with Gasteiger partial charge in [-0.15, -0.1) is 11.3 Å². The van der Waals surface area contributed by atoms with Crippen LogP contribution in [0.15, 0.2) is 53.9 Å². The van der Waals surface area contributed by atoms with E-state index in [1.807, 2.05) is 53.9 Å². The number of aromatic nitrogens is 1. The van der Waals surface area contributed by atoms with Gasteiger partial charge in [0.25, 0.3) is 0 Å². The van der Waals surface area contributed by atoms with Gasteiger partial charge < -0.3 is 15.4 Å². The van der Waals surface area contributed by atoms with Crippen LogP contribution >= 0.6 is 11.3 Å². The lowest BCUT2D eigenvalue weighted by molar-refractivity contribution is -0.115. The zero-order valence-electron chi connectivity index (χ0n) is 14.4. The van der Waals surface area contributed by atoms with Gasteiger partial charge in [0, 0.05) is 16.6 Å². The van der Waals surface area contributed by atoms with E-state index in [4.69, 9.17) is 4.74 Å². The predicted molar refractivity (Wildman–Crippen MR) is 103 cm³/mol. The smallest absolute Gasteiger partial charge is 0.407 e. The van der Waals surface area contributed by atoms with Crippen molar-refractivity contribution in [2.24, 2.45) is 0 Å². The number of hydrogen-bond donors (Lipinski definition) is 2. The average molecular weight is 379 g/mol. The quantitative estimate of drug-likeness (QED) is 0.708. The van der Waals surface area contributed by atoms with E-state index >= 15 is 0 Å². The molecule has 1 aliphatic rings. The van der Waals surface area contributed by atoms with Crippen molar-refractivity contribution >= 4 is 29.0 Å². The summed E-state index contributed by atoms with van der Waals surface area (Å²) in [6.45, 7) is 0.543. The van der Waals surface area contributed by atoms with Gasteiger partial charge in [-0.3, -0.25) is 4.79 Å². The number of nitrogens with one attached hydrogen (secondary N) is 2. The van der Waals surface area contributed by atoms with Gasteiger partial charge in [0.05, 0.1) is 18.7 Å². The Morgan fingerprint density at radius 3 is 2.93 bits per heavy atom. The molecule has 136 valence electrons. The summed E-state index contributed by atoms with van der Waals surface area (Å²) in [5, 5.41) is 8.26. The third-order valence-electron chi connectivity index (χ3n) is 4.17. The molecule has 0 fully saturated rings. The summed E-state index contributed by atoms with van der Waals surface area (Å²) in [4.78, 5) is 27.9. The summed E-state index contributed by atoms with van der Waals surface area (Å²) in [5.41, 5.74) is 4.57. The Morgan fingerprint density at radius 2 is 2.07 bits per heavy atom. The Labute approximate surface area is 160 Å². The van der Waals surface area contributed by atoms with Crippen molar-refractivity contribution in [3.63, 3.8) is 0 Å². The van der Waals surface area contributed by atoms with Gasteiger partial charge in [-0.25, -0.2) is 9.78 Å². The molecule has 3 aromatic rings. The van der Waals surface area contributed by atoms with Crippen molar-refractivity contribution in [1.29, 1.82) is 0 Å². The molecule has 7 heteroatoms. The van der Waals surface area contributed by atoms with Crippen LogP contribution in [0.3, 0.4) is 0 Å². The summed E-state index contributed by atoms with van der Waals surface area (Å²) in [7, 11) is 0. The van der Waals surface area contributed by atoms with Crippen molar-refractivity contribution in [3.8, 4) is 11.3 Å². The molecule has 0 spiro atoms. The van der Waals surface area contributed by atoms with Crippen LogP contribution in [0.5, 0.6) is 0 Å². The number of alkyl carbamates (subject to hydrolysis) is 1. The van der Waals surface area contributed by atoms with E-state index in [0.717, 1.165) is 33.1 Å². The largest absolute Gasteiger partial charge is 0.445 e. The van der Waals surface area contributed by atoms with Gasteiger partial charge in [-0.2, -0.15) is 0 Å². The maximum absolute atomic E-state index is 11.8. The molecule has 0 saturated heterocycles. The minimum atomic E-state index is -0.474. The van der Waals surface area contributed by atoms with E-state index in [1.165, 1.54) is 11.3 Å².